The Morgan fingerprint density at radius 3 is 2.71 bits per heavy atom. The van der Waals surface area contributed by atoms with E-state index in [4.69, 9.17) is 11.6 Å². The number of nitrogens with zero attached hydrogens (tertiary/aromatic N) is 2. The van der Waals surface area contributed by atoms with Gasteiger partial charge in [-0.15, -0.1) is 0 Å². The van der Waals surface area contributed by atoms with Crippen molar-refractivity contribution in [2.45, 2.75) is 13.5 Å². The van der Waals surface area contributed by atoms with Crippen molar-refractivity contribution < 1.29 is 9.90 Å². The molecule has 122 valence electrons. The summed E-state index contributed by atoms with van der Waals surface area (Å²) >= 11 is 5.75. The highest BCUT2D eigenvalue weighted by Gasteiger charge is 2.22. The molecule has 7 heteroatoms. The smallest absolute Gasteiger partial charge is 0.267 e. The molecule has 0 aliphatic heterocycles. The van der Waals surface area contributed by atoms with Crippen LogP contribution >= 0.6 is 11.6 Å². The predicted octanol–water partition coefficient (Wildman–Crippen LogP) is 3.03. The van der Waals surface area contributed by atoms with E-state index in [0.29, 0.717) is 22.5 Å². The summed E-state index contributed by atoms with van der Waals surface area (Å²) in [6.07, 6.45) is 1.38. The van der Waals surface area contributed by atoms with E-state index in [1.54, 1.807) is 37.3 Å². The number of rotatable bonds is 3. The van der Waals surface area contributed by atoms with Crippen molar-refractivity contribution in [2.24, 2.45) is 0 Å². The van der Waals surface area contributed by atoms with Crippen LogP contribution in [-0.4, -0.2) is 20.6 Å². The fraction of sp³-hybridized carbons (Fsp3) is 0.118. The maximum absolute atomic E-state index is 12.6. The maximum Gasteiger partial charge on any atom is 0.267 e. The standard InChI is InChI=1S/C17H14ClN3O3/c1-2-21-12-6-4-3-5-11(12)15(22)14(17(21)24)16(23)20-13-8-7-10(18)9-19-13/h3-9,22H,2H2,1H3,(H,19,20,23). The molecule has 0 saturated heterocycles. The molecule has 24 heavy (non-hydrogen) atoms. The maximum atomic E-state index is 12.6. The molecule has 0 bridgehead atoms. The van der Waals surface area contributed by atoms with Crippen LogP contribution in [0.4, 0.5) is 5.82 Å². The van der Waals surface area contributed by atoms with Crippen molar-refractivity contribution in [1.82, 2.24) is 9.55 Å². The minimum atomic E-state index is -0.722. The normalized spacial score (nSPS) is 10.8. The van der Waals surface area contributed by atoms with E-state index in [1.165, 1.54) is 16.8 Å². The van der Waals surface area contributed by atoms with Gasteiger partial charge in [-0.25, -0.2) is 4.98 Å². The number of aromatic hydroxyl groups is 1. The number of aryl methyl sites for hydroxylation is 1. The molecule has 0 fully saturated rings. The molecule has 1 amide bonds. The van der Waals surface area contributed by atoms with Crippen molar-refractivity contribution in [2.75, 3.05) is 5.32 Å². The van der Waals surface area contributed by atoms with Crippen LogP contribution in [0.3, 0.4) is 0 Å². The fourth-order valence-corrected chi connectivity index (χ4v) is 2.65. The van der Waals surface area contributed by atoms with Gasteiger partial charge >= 0.3 is 0 Å². The Bertz CT molecular complexity index is 981. The molecule has 0 radical (unpaired) electrons. The van der Waals surface area contributed by atoms with Gasteiger partial charge in [-0.3, -0.25) is 9.59 Å². The SMILES string of the molecule is CCn1c(=O)c(C(=O)Nc2ccc(Cl)cn2)c(O)c2ccccc21. The van der Waals surface area contributed by atoms with Gasteiger partial charge in [0.25, 0.3) is 11.5 Å². The number of carbonyl (C=O) groups is 1. The molecule has 0 aliphatic rings. The Morgan fingerprint density at radius 1 is 1.29 bits per heavy atom. The molecule has 3 aromatic rings. The highest BCUT2D eigenvalue weighted by atomic mass is 35.5. The Labute approximate surface area is 142 Å². The van der Waals surface area contributed by atoms with Crippen LogP contribution in [-0.2, 0) is 6.54 Å². The minimum absolute atomic E-state index is 0.236. The number of para-hydroxylation sites is 1. The van der Waals surface area contributed by atoms with E-state index in [9.17, 15) is 14.7 Å². The number of aromatic nitrogens is 2. The first kappa shape index (κ1) is 16.0. The number of carbonyl (C=O) groups excluding carboxylic acids is 1. The summed E-state index contributed by atoms with van der Waals surface area (Å²) in [5.74, 6) is -0.827. The predicted molar refractivity (Wildman–Crippen MR) is 92.7 cm³/mol. The van der Waals surface area contributed by atoms with Gasteiger partial charge in [-0.05, 0) is 31.2 Å². The number of pyridine rings is 2. The fourth-order valence-electron chi connectivity index (χ4n) is 2.54. The lowest BCUT2D eigenvalue weighted by atomic mass is 10.1. The summed E-state index contributed by atoms with van der Waals surface area (Å²) in [6.45, 7) is 2.17. The minimum Gasteiger partial charge on any atom is -0.506 e. The first-order chi connectivity index (χ1) is 11.5. The van der Waals surface area contributed by atoms with Crippen molar-refractivity contribution >= 4 is 34.2 Å². The Hall–Kier alpha value is -2.86. The topological polar surface area (TPSA) is 84.2 Å². The van der Waals surface area contributed by atoms with Crippen molar-refractivity contribution in [3.05, 3.63) is 63.5 Å². The van der Waals surface area contributed by atoms with Crippen LogP contribution in [0.15, 0.2) is 47.4 Å². The van der Waals surface area contributed by atoms with Gasteiger partial charge in [0.1, 0.15) is 17.1 Å². The molecule has 2 N–H and O–H groups in total. The number of benzene rings is 1. The average Bonchev–Trinajstić information content (AvgIpc) is 2.57. The van der Waals surface area contributed by atoms with Crippen LogP contribution in [0, 0.1) is 0 Å². The first-order valence-corrected chi connectivity index (χ1v) is 7.68. The number of halogens is 1. The average molecular weight is 344 g/mol. The number of amides is 1. The summed E-state index contributed by atoms with van der Waals surface area (Å²) in [7, 11) is 0. The molecule has 6 nitrogen and oxygen atoms in total. The van der Waals surface area contributed by atoms with Crippen molar-refractivity contribution in [1.29, 1.82) is 0 Å². The number of hydrogen-bond donors (Lipinski definition) is 2. The van der Waals surface area contributed by atoms with Crippen LogP contribution in [0.2, 0.25) is 5.02 Å². The van der Waals surface area contributed by atoms with Crippen LogP contribution in [0.5, 0.6) is 5.75 Å². The first-order valence-electron chi connectivity index (χ1n) is 7.30. The van der Waals surface area contributed by atoms with Gasteiger partial charge in [-0.2, -0.15) is 0 Å². The number of anilines is 1. The van der Waals surface area contributed by atoms with Crippen molar-refractivity contribution in [3.8, 4) is 5.75 Å². The van der Waals surface area contributed by atoms with Gasteiger partial charge in [0.05, 0.1) is 10.5 Å². The summed E-state index contributed by atoms with van der Waals surface area (Å²) in [5.41, 5.74) is -0.295. The number of hydrogen-bond acceptors (Lipinski definition) is 4. The molecule has 0 atom stereocenters. The molecule has 3 rings (SSSR count). The van der Waals surface area contributed by atoms with Gasteiger partial charge in [0, 0.05) is 18.1 Å². The molecule has 0 aliphatic carbocycles. The largest absolute Gasteiger partial charge is 0.506 e. The van der Waals surface area contributed by atoms with E-state index in [0.717, 1.165) is 0 Å². The summed E-state index contributed by atoms with van der Waals surface area (Å²) in [6, 6.07) is 9.96. The molecular formula is C17H14ClN3O3. The zero-order chi connectivity index (χ0) is 17.3. The highest BCUT2D eigenvalue weighted by molar-refractivity contribution is 6.30. The van der Waals surface area contributed by atoms with Gasteiger partial charge in [-0.1, -0.05) is 23.7 Å². The number of nitrogens with one attached hydrogen (secondary N) is 1. The van der Waals surface area contributed by atoms with Crippen LogP contribution in [0.1, 0.15) is 17.3 Å². The van der Waals surface area contributed by atoms with E-state index in [2.05, 4.69) is 10.3 Å². The monoisotopic (exact) mass is 343 g/mol. The Kier molecular flexibility index (Phi) is 4.22. The summed E-state index contributed by atoms with van der Waals surface area (Å²) < 4.78 is 1.44. The Balaban J connectivity index is 2.13. The van der Waals surface area contributed by atoms with Crippen LogP contribution in [0.25, 0.3) is 10.9 Å². The lowest BCUT2D eigenvalue weighted by Crippen LogP contribution is -2.29. The summed E-state index contributed by atoms with van der Waals surface area (Å²) in [5, 5.41) is 13.8. The molecule has 2 aromatic heterocycles. The van der Waals surface area contributed by atoms with E-state index < -0.39 is 11.5 Å². The highest BCUT2D eigenvalue weighted by Crippen LogP contribution is 2.26. The third kappa shape index (κ3) is 2.72. The zero-order valence-corrected chi connectivity index (χ0v) is 13.5. The van der Waals surface area contributed by atoms with Crippen LogP contribution < -0.4 is 10.9 Å². The van der Waals surface area contributed by atoms with E-state index >= 15 is 0 Å². The van der Waals surface area contributed by atoms with Gasteiger partial charge < -0.3 is 15.0 Å². The quantitative estimate of drug-likeness (QED) is 0.765. The number of fused-ring (bicyclic) bond motifs is 1. The molecule has 1 aromatic carbocycles. The Morgan fingerprint density at radius 2 is 2.04 bits per heavy atom. The second kappa shape index (κ2) is 6.33. The second-order valence-electron chi connectivity index (χ2n) is 5.11. The molecule has 0 saturated carbocycles. The molecule has 2 heterocycles. The summed E-state index contributed by atoms with van der Waals surface area (Å²) in [4.78, 5) is 29.1. The lowest BCUT2D eigenvalue weighted by molar-refractivity contribution is 0.102. The van der Waals surface area contributed by atoms with Crippen molar-refractivity contribution in [3.63, 3.8) is 0 Å². The molecule has 0 unspecified atom stereocenters. The van der Waals surface area contributed by atoms with E-state index in [-0.39, 0.29) is 17.1 Å². The molecular weight excluding hydrogens is 330 g/mol. The second-order valence-corrected chi connectivity index (χ2v) is 5.54. The zero-order valence-electron chi connectivity index (χ0n) is 12.8. The third-order valence-corrected chi connectivity index (χ3v) is 3.88. The third-order valence-electron chi connectivity index (χ3n) is 3.66. The van der Waals surface area contributed by atoms with Gasteiger partial charge in [0.15, 0.2) is 0 Å². The van der Waals surface area contributed by atoms with E-state index in [1.807, 2.05) is 0 Å². The van der Waals surface area contributed by atoms with Gasteiger partial charge in [0.2, 0.25) is 0 Å². The lowest BCUT2D eigenvalue weighted by Gasteiger charge is -2.13. The molecule has 0 spiro atoms.